The van der Waals surface area contributed by atoms with Crippen LogP contribution in [0.3, 0.4) is 0 Å². The van der Waals surface area contributed by atoms with Crippen LogP contribution in [-0.4, -0.2) is 45.8 Å². The van der Waals surface area contributed by atoms with Crippen molar-refractivity contribution in [2.45, 2.75) is 116 Å². The standard InChI is InChI=1S/C26H47N2O/c1-5-7-8-9-10-11-12-13-14-15-16-17-19-26(29)24(4)23(3)25-27(20-6-2)21-18-22-28(25)26/h6,29H,2,5,7-22H2,1,3-4H3/q+1. The molecule has 0 amide bonds. The third-order valence-electron chi connectivity index (χ3n) is 7.04. The van der Waals surface area contributed by atoms with E-state index in [0.29, 0.717) is 0 Å². The van der Waals surface area contributed by atoms with Crippen molar-refractivity contribution in [3.8, 4) is 0 Å². The van der Waals surface area contributed by atoms with Crippen molar-refractivity contribution in [1.82, 2.24) is 4.90 Å². The van der Waals surface area contributed by atoms with Crippen LogP contribution in [0.4, 0.5) is 0 Å². The second kappa shape index (κ2) is 12.6. The number of unbranched alkanes of at least 4 members (excludes halogenated alkanes) is 11. The maximum absolute atomic E-state index is 11.6. The Labute approximate surface area is 180 Å². The molecule has 0 aromatic rings. The molecule has 1 unspecified atom stereocenters. The van der Waals surface area contributed by atoms with Crippen LogP contribution < -0.4 is 0 Å². The van der Waals surface area contributed by atoms with E-state index in [2.05, 4.69) is 36.8 Å². The number of rotatable bonds is 15. The first kappa shape index (κ1) is 24.2. The fourth-order valence-electron chi connectivity index (χ4n) is 5.14. The molecule has 3 nitrogen and oxygen atoms in total. The average molecular weight is 404 g/mol. The molecule has 0 radical (unpaired) electrons. The third-order valence-corrected chi connectivity index (χ3v) is 7.04. The summed E-state index contributed by atoms with van der Waals surface area (Å²) in [6, 6.07) is 0. The summed E-state index contributed by atoms with van der Waals surface area (Å²) in [5.41, 5.74) is 1.66. The van der Waals surface area contributed by atoms with Gasteiger partial charge in [-0.2, -0.15) is 0 Å². The van der Waals surface area contributed by atoms with Gasteiger partial charge in [-0.15, -0.1) is 0 Å². The molecule has 0 bridgehead atoms. The van der Waals surface area contributed by atoms with Crippen LogP contribution in [0.25, 0.3) is 0 Å². The van der Waals surface area contributed by atoms with E-state index in [4.69, 9.17) is 0 Å². The minimum Gasteiger partial charge on any atom is -0.350 e. The predicted molar refractivity (Wildman–Crippen MR) is 126 cm³/mol. The van der Waals surface area contributed by atoms with Gasteiger partial charge in [0, 0.05) is 24.0 Å². The van der Waals surface area contributed by atoms with Crippen molar-refractivity contribution in [2.75, 3.05) is 19.6 Å². The Morgan fingerprint density at radius 2 is 1.52 bits per heavy atom. The molecule has 0 aromatic heterocycles. The fraction of sp³-hybridized carbons (Fsp3) is 0.808. The molecule has 0 aromatic carbocycles. The van der Waals surface area contributed by atoms with Crippen LogP contribution >= 0.6 is 0 Å². The van der Waals surface area contributed by atoms with Gasteiger partial charge in [0.2, 0.25) is 5.72 Å². The molecular weight excluding hydrogens is 356 g/mol. The number of hydrogen-bond acceptors (Lipinski definition) is 2. The van der Waals surface area contributed by atoms with E-state index >= 15 is 0 Å². The highest BCUT2D eigenvalue weighted by atomic mass is 16.3. The first-order valence-electron chi connectivity index (χ1n) is 12.5. The number of hydrogen-bond donors (Lipinski definition) is 1. The lowest BCUT2D eigenvalue weighted by Gasteiger charge is -2.34. The second-order valence-corrected chi connectivity index (χ2v) is 9.27. The molecule has 2 aliphatic rings. The lowest BCUT2D eigenvalue weighted by atomic mass is 9.96. The van der Waals surface area contributed by atoms with E-state index in [9.17, 15) is 5.11 Å². The highest BCUT2D eigenvalue weighted by Gasteiger charge is 2.53. The second-order valence-electron chi connectivity index (χ2n) is 9.27. The van der Waals surface area contributed by atoms with Gasteiger partial charge >= 0.3 is 0 Å². The molecule has 0 saturated heterocycles. The van der Waals surface area contributed by atoms with Crippen molar-refractivity contribution in [3.05, 3.63) is 23.8 Å². The van der Waals surface area contributed by atoms with Crippen molar-refractivity contribution in [3.63, 3.8) is 0 Å². The van der Waals surface area contributed by atoms with E-state index < -0.39 is 5.72 Å². The minimum absolute atomic E-state index is 0.766. The lowest BCUT2D eigenvalue weighted by Crippen LogP contribution is -2.53. The normalized spacial score (nSPS) is 21.9. The highest BCUT2D eigenvalue weighted by molar-refractivity contribution is 5.98. The van der Waals surface area contributed by atoms with Crippen molar-refractivity contribution in [2.24, 2.45) is 0 Å². The Morgan fingerprint density at radius 3 is 2.07 bits per heavy atom. The molecule has 2 heterocycles. The van der Waals surface area contributed by atoms with Crippen LogP contribution in [0, 0.1) is 0 Å². The molecular formula is C26H47N2O+. The SMILES string of the molecule is C=CC[N+]1=C2C(C)=C(C)C(O)(CCCCCCCCCCCCCC)N2CCC1. The first-order chi connectivity index (χ1) is 14.1. The molecule has 0 aliphatic carbocycles. The molecule has 0 fully saturated rings. The van der Waals surface area contributed by atoms with Gasteiger partial charge in [0.25, 0.3) is 5.84 Å². The summed E-state index contributed by atoms with van der Waals surface area (Å²) in [5.74, 6) is 1.25. The van der Waals surface area contributed by atoms with E-state index in [0.717, 1.165) is 44.5 Å². The predicted octanol–water partition coefficient (Wildman–Crippen LogP) is 6.42. The van der Waals surface area contributed by atoms with Gasteiger partial charge in [-0.1, -0.05) is 90.2 Å². The van der Waals surface area contributed by atoms with Gasteiger partial charge in [0.15, 0.2) is 0 Å². The van der Waals surface area contributed by atoms with Crippen LogP contribution in [-0.2, 0) is 0 Å². The monoisotopic (exact) mass is 403 g/mol. The average Bonchev–Trinajstić information content (AvgIpc) is 2.91. The summed E-state index contributed by atoms with van der Waals surface area (Å²) in [6.45, 7) is 13.4. The van der Waals surface area contributed by atoms with E-state index in [-0.39, 0.29) is 0 Å². The zero-order chi connectivity index (χ0) is 21.1. The van der Waals surface area contributed by atoms with Crippen LogP contribution in [0.1, 0.15) is 111 Å². The Balaban J connectivity index is 1.69. The molecule has 29 heavy (non-hydrogen) atoms. The third kappa shape index (κ3) is 6.44. The van der Waals surface area contributed by atoms with Crippen molar-refractivity contribution >= 4 is 5.84 Å². The Morgan fingerprint density at radius 1 is 0.966 bits per heavy atom. The van der Waals surface area contributed by atoms with Gasteiger partial charge in [0.05, 0.1) is 13.1 Å². The highest BCUT2D eigenvalue weighted by Crippen LogP contribution is 2.39. The largest absolute Gasteiger partial charge is 0.350 e. The maximum atomic E-state index is 11.6. The van der Waals surface area contributed by atoms with Gasteiger partial charge < -0.3 is 5.11 Å². The van der Waals surface area contributed by atoms with Gasteiger partial charge in [-0.3, -0.25) is 4.58 Å². The van der Waals surface area contributed by atoms with E-state index in [1.807, 2.05) is 6.08 Å². The summed E-state index contributed by atoms with van der Waals surface area (Å²) >= 11 is 0. The van der Waals surface area contributed by atoms with Gasteiger partial charge in [0.1, 0.15) is 6.54 Å². The maximum Gasteiger partial charge on any atom is 0.277 e. The van der Waals surface area contributed by atoms with Crippen molar-refractivity contribution < 1.29 is 9.68 Å². The summed E-state index contributed by atoms with van der Waals surface area (Å²) in [6.07, 6.45) is 20.2. The summed E-state index contributed by atoms with van der Waals surface area (Å²) in [5, 5.41) is 11.6. The molecule has 2 rings (SSSR count). The molecule has 0 spiro atoms. The van der Waals surface area contributed by atoms with E-state index in [1.54, 1.807) is 0 Å². The topological polar surface area (TPSA) is 26.5 Å². The molecule has 0 saturated carbocycles. The Bertz CT molecular complexity index is 577. The molecule has 1 atom stereocenters. The summed E-state index contributed by atoms with van der Waals surface area (Å²) in [4.78, 5) is 2.28. The molecule has 3 heteroatoms. The summed E-state index contributed by atoms with van der Waals surface area (Å²) < 4.78 is 2.38. The van der Waals surface area contributed by atoms with Gasteiger partial charge in [-0.25, -0.2) is 4.90 Å². The van der Waals surface area contributed by atoms with Crippen LogP contribution in [0.2, 0.25) is 0 Å². The molecule has 2 aliphatic heterocycles. The Hall–Kier alpha value is -1.09. The van der Waals surface area contributed by atoms with Gasteiger partial charge in [-0.05, 0) is 20.3 Å². The Kier molecular flexibility index (Phi) is 10.5. The molecule has 1 N–H and O–H groups in total. The zero-order valence-electron chi connectivity index (χ0n) is 19.6. The summed E-state index contributed by atoms with van der Waals surface area (Å²) in [7, 11) is 0. The minimum atomic E-state index is -0.766. The smallest absolute Gasteiger partial charge is 0.277 e. The lowest BCUT2D eigenvalue weighted by molar-refractivity contribution is -0.529. The fourth-order valence-corrected chi connectivity index (χ4v) is 5.14. The van der Waals surface area contributed by atoms with Crippen molar-refractivity contribution in [1.29, 1.82) is 0 Å². The number of fused-ring (bicyclic) bond motifs is 1. The quantitative estimate of drug-likeness (QED) is 0.194. The van der Waals surface area contributed by atoms with Crippen LogP contribution in [0.5, 0.6) is 0 Å². The van der Waals surface area contributed by atoms with E-state index in [1.165, 1.54) is 82.0 Å². The molecule has 166 valence electrons. The number of nitrogens with zero attached hydrogens (tertiary/aromatic N) is 2. The number of amidine groups is 1. The zero-order valence-corrected chi connectivity index (χ0v) is 19.6. The van der Waals surface area contributed by atoms with Crippen LogP contribution in [0.15, 0.2) is 23.8 Å². The number of aliphatic hydroxyl groups is 1. The first-order valence-corrected chi connectivity index (χ1v) is 12.5.